The molecule has 2 heterocycles. The largest absolute Gasteiger partial charge is 0.392 e. The summed E-state index contributed by atoms with van der Waals surface area (Å²) in [6.45, 7) is 5.03. The molecule has 10 nitrogen and oxygen atoms in total. The van der Waals surface area contributed by atoms with Crippen LogP contribution in [0.4, 0.5) is 4.79 Å². The van der Waals surface area contributed by atoms with Crippen molar-refractivity contribution in [3.05, 3.63) is 95.1 Å². The Hall–Kier alpha value is -3.77. The van der Waals surface area contributed by atoms with Crippen molar-refractivity contribution in [1.82, 2.24) is 30.8 Å². The lowest BCUT2D eigenvalue weighted by molar-refractivity contribution is -0.268. The fourth-order valence-corrected chi connectivity index (χ4v) is 5.95. The van der Waals surface area contributed by atoms with Crippen LogP contribution in [-0.4, -0.2) is 49.7 Å². The van der Waals surface area contributed by atoms with Crippen LogP contribution < -0.4 is 10.6 Å². The third-order valence-electron chi connectivity index (χ3n) is 7.29. The highest BCUT2D eigenvalue weighted by Gasteiger charge is 2.38. The molecule has 1 aliphatic rings. The van der Waals surface area contributed by atoms with Crippen LogP contribution >= 0.6 is 11.8 Å². The number of aliphatic hydroxyl groups excluding tert-OH is 1. The van der Waals surface area contributed by atoms with Crippen molar-refractivity contribution in [3.8, 4) is 11.1 Å². The molecule has 220 valence electrons. The maximum atomic E-state index is 11.9. The molecule has 1 saturated heterocycles. The molecular formula is C31H36N6O4S. The van der Waals surface area contributed by atoms with Gasteiger partial charge in [0, 0.05) is 37.4 Å². The quantitative estimate of drug-likeness (QED) is 0.226. The maximum Gasteiger partial charge on any atom is 0.315 e. The molecule has 4 aromatic rings. The van der Waals surface area contributed by atoms with Gasteiger partial charge < -0.3 is 25.2 Å². The monoisotopic (exact) mass is 588 g/mol. The van der Waals surface area contributed by atoms with E-state index in [1.54, 1.807) is 16.4 Å². The predicted octanol–water partition coefficient (Wildman–Crippen LogP) is 4.77. The summed E-state index contributed by atoms with van der Waals surface area (Å²) in [5.41, 5.74) is 5.87. The molecule has 0 saturated carbocycles. The van der Waals surface area contributed by atoms with Gasteiger partial charge in [-0.1, -0.05) is 79.3 Å². The average Bonchev–Trinajstić information content (AvgIpc) is 3.44. The number of carbonyl (C=O) groups excluding carboxylic acids is 1. The van der Waals surface area contributed by atoms with E-state index in [9.17, 15) is 9.90 Å². The average molecular weight is 589 g/mol. The van der Waals surface area contributed by atoms with Crippen molar-refractivity contribution in [2.75, 3.05) is 12.3 Å². The number of tetrazole rings is 1. The molecule has 4 atom stereocenters. The number of thioether (sulfide) groups is 1. The molecule has 3 N–H and O–H groups in total. The zero-order valence-electron chi connectivity index (χ0n) is 23.9. The van der Waals surface area contributed by atoms with Gasteiger partial charge in [-0.05, 0) is 57.3 Å². The zero-order valence-corrected chi connectivity index (χ0v) is 24.8. The molecule has 1 aromatic heterocycles. The number of rotatable bonds is 10. The number of nitrogens with one attached hydrogen (secondary N) is 2. The van der Waals surface area contributed by atoms with Gasteiger partial charge >= 0.3 is 6.03 Å². The number of urea groups is 1. The third-order valence-corrected chi connectivity index (χ3v) is 8.39. The van der Waals surface area contributed by atoms with Crippen molar-refractivity contribution in [1.29, 1.82) is 0 Å². The minimum absolute atomic E-state index is 0.00587. The molecule has 0 spiro atoms. The first-order valence-corrected chi connectivity index (χ1v) is 15.0. The van der Waals surface area contributed by atoms with E-state index in [-0.39, 0.29) is 30.8 Å². The topological polar surface area (TPSA) is 123 Å². The molecule has 0 unspecified atom stereocenters. The minimum Gasteiger partial charge on any atom is -0.392 e. The second kappa shape index (κ2) is 13.9. The van der Waals surface area contributed by atoms with E-state index in [1.807, 2.05) is 62.5 Å². The Labute approximate surface area is 249 Å². The van der Waals surface area contributed by atoms with E-state index in [0.29, 0.717) is 18.8 Å². The third kappa shape index (κ3) is 7.16. The second-order valence-corrected chi connectivity index (χ2v) is 11.2. The van der Waals surface area contributed by atoms with Gasteiger partial charge in [0.15, 0.2) is 6.29 Å². The number of hydrogen-bond acceptors (Lipinski definition) is 8. The Morgan fingerprint density at radius 2 is 1.74 bits per heavy atom. The molecular weight excluding hydrogens is 552 g/mol. The van der Waals surface area contributed by atoms with Gasteiger partial charge in [0.2, 0.25) is 5.16 Å². The molecule has 3 aromatic carbocycles. The summed E-state index contributed by atoms with van der Waals surface area (Å²) in [6, 6.07) is 24.0. The van der Waals surface area contributed by atoms with Crippen molar-refractivity contribution >= 4 is 17.8 Å². The van der Waals surface area contributed by atoms with Crippen LogP contribution in [0.25, 0.3) is 11.1 Å². The molecule has 11 heteroatoms. The molecule has 1 aliphatic heterocycles. The van der Waals surface area contributed by atoms with Crippen molar-refractivity contribution in [3.63, 3.8) is 0 Å². The molecule has 0 aliphatic carbocycles. The number of amides is 2. The highest BCUT2D eigenvalue weighted by molar-refractivity contribution is 7.99. The fourth-order valence-electron chi connectivity index (χ4n) is 4.94. The predicted molar refractivity (Wildman–Crippen MR) is 160 cm³/mol. The summed E-state index contributed by atoms with van der Waals surface area (Å²) in [5, 5.41) is 27.7. The van der Waals surface area contributed by atoms with Crippen LogP contribution in [0, 0.1) is 5.92 Å². The number of aryl methyl sites for hydroxylation is 1. The number of ether oxygens (including phenoxy) is 2. The Morgan fingerprint density at radius 1 is 0.976 bits per heavy atom. The maximum absolute atomic E-state index is 11.9. The summed E-state index contributed by atoms with van der Waals surface area (Å²) < 4.78 is 14.9. The van der Waals surface area contributed by atoms with Gasteiger partial charge in [-0.2, -0.15) is 0 Å². The van der Waals surface area contributed by atoms with Crippen LogP contribution in [-0.2, 0) is 29.7 Å². The van der Waals surface area contributed by atoms with E-state index < -0.39 is 6.29 Å². The SMILES string of the molecule is CCNC(=O)NCc1cccc(-c2cccc([C@H]3O[C@@H](CSc4nnnn4C)[C@@H](C)[C@@H](c4ccc(CO)cc4)O3)c2)c1. The fraction of sp³-hybridized carbons (Fsp3) is 0.355. The van der Waals surface area contributed by atoms with Crippen LogP contribution in [0.2, 0.25) is 0 Å². The lowest BCUT2D eigenvalue weighted by Crippen LogP contribution is -2.38. The number of benzene rings is 3. The van der Waals surface area contributed by atoms with Crippen molar-refractivity contribution in [2.45, 2.75) is 50.7 Å². The standard InChI is InChI=1S/C31H36N6O4S/c1-4-32-30(39)33-17-22-7-5-8-24(15-22)25-9-6-10-26(16-25)29-40-27(19-42-31-34-35-36-37(31)3)20(2)28(41-29)23-13-11-21(18-38)12-14-23/h5-16,20,27-29,38H,4,17-19H2,1-3H3,(H2,32,33,39)/t20-,27+,28+,29+/m1/s1. The van der Waals surface area contributed by atoms with Gasteiger partial charge in [0.1, 0.15) is 0 Å². The minimum atomic E-state index is -0.588. The molecule has 2 amide bonds. The molecule has 1 fully saturated rings. The van der Waals surface area contributed by atoms with Gasteiger partial charge in [-0.25, -0.2) is 9.48 Å². The number of aromatic nitrogens is 4. The first-order chi connectivity index (χ1) is 20.4. The summed E-state index contributed by atoms with van der Waals surface area (Å²) in [7, 11) is 1.82. The highest BCUT2D eigenvalue weighted by atomic mass is 32.2. The number of carbonyl (C=O) groups is 1. The summed E-state index contributed by atoms with van der Waals surface area (Å²) in [5.74, 6) is 0.702. The summed E-state index contributed by atoms with van der Waals surface area (Å²) >= 11 is 1.55. The normalized spacial score (nSPS) is 20.3. The van der Waals surface area contributed by atoms with Gasteiger partial charge in [-0.3, -0.25) is 0 Å². The first kappa shape index (κ1) is 29.7. The Kier molecular flexibility index (Phi) is 9.85. The van der Waals surface area contributed by atoms with E-state index >= 15 is 0 Å². The van der Waals surface area contributed by atoms with Crippen LogP contribution in [0.5, 0.6) is 0 Å². The molecule has 0 radical (unpaired) electrons. The van der Waals surface area contributed by atoms with Crippen molar-refractivity contribution in [2.24, 2.45) is 13.0 Å². The lowest BCUT2D eigenvalue weighted by Gasteiger charge is -2.41. The number of aliphatic hydroxyl groups is 1. The van der Waals surface area contributed by atoms with E-state index in [1.165, 1.54) is 0 Å². The van der Waals surface area contributed by atoms with Crippen LogP contribution in [0.15, 0.2) is 78.0 Å². The van der Waals surface area contributed by atoms with Crippen molar-refractivity contribution < 1.29 is 19.4 Å². The van der Waals surface area contributed by atoms with Crippen LogP contribution in [0.3, 0.4) is 0 Å². The zero-order chi connectivity index (χ0) is 29.5. The van der Waals surface area contributed by atoms with Gasteiger partial charge in [-0.15, -0.1) is 5.10 Å². The second-order valence-electron chi connectivity index (χ2n) is 10.3. The Bertz CT molecular complexity index is 1480. The number of hydrogen-bond donors (Lipinski definition) is 3. The lowest BCUT2D eigenvalue weighted by atomic mass is 9.91. The number of nitrogens with zero attached hydrogens (tertiary/aromatic N) is 4. The first-order valence-electron chi connectivity index (χ1n) is 14.0. The smallest absolute Gasteiger partial charge is 0.315 e. The van der Waals surface area contributed by atoms with Gasteiger partial charge in [0.05, 0.1) is 18.8 Å². The molecule has 0 bridgehead atoms. The molecule has 42 heavy (non-hydrogen) atoms. The Balaban J connectivity index is 1.39. The molecule has 5 rings (SSSR count). The van der Waals surface area contributed by atoms with Crippen LogP contribution in [0.1, 0.15) is 48.5 Å². The highest BCUT2D eigenvalue weighted by Crippen LogP contribution is 2.43. The van der Waals surface area contributed by atoms with E-state index in [0.717, 1.165) is 38.5 Å². The summed E-state index contributed by atoms with van der Waals surface area (Å²) in [4.78, 5) is 11.9. The van der Waals surface area contributed by atoms with E-state index in [2.05, 4.69) is 57.3 Å². The Morgan fingerprint density at radius 3 is 2.45 bits per heavy atom. The van der Waals surface area contributed by atoms with E-state index in [4.69, 9.17) is 9.47 Å². The summed E-state index contributed by atoms with van der Waals surface area (Å²) in [6.07, 6.45) is -0.943. The van der Waals surface area contributed by atoms with Gasteiger partial charge in [0.25, 0.3) is 0 Å².